The number of nitrogens with one attached hydrogen (secondary N) is 1. The molecule has 0 saturated heterocycles. The Hall–Kier alpha value is -4.05. The Morgan fingerprint density at radius 2 is 1.32 bits per heavy atom. The van der Waals surface area contributed by atoms with Gasteiger partial charge in [0, 0.05) is 27.9 Å². The smallest absolute Gasteiger partial charge is 0.255 e. The highest BCUT2D eigenvalue weighted by molar-refractivity contribution is 6.07. The summed E-state index contributed by atoms with van der Waals surface area (Å²) in [5.41, 5.74) is 4.65. The van der Waals surface area contributed by atoms with Crippen molar-refractivity contribution in [2.24, 2.45) is 0 Å². The Balaban J connectivity index is 1.84. The highest BCUT2D eigenvalue weighted by Gasteiger charge is 2.16. The summed E-state index contributed by atoms with van der Waals surface area (Å²) in [6.45, 7) is 0. The lowest BCUT2D eigenvalue weighted by molar-refractivity contribution is 0.102. The van der Waals surface area contributed by atoms with Gasteiger partial charge in [-0.2, -0.15) is 0 Å². The first-order chi connectivity index (χ1) is 15.2. The van der Waals surface area contributed by atoms with Crippen LogP contribution in [0.2, 0.25) is 0 Å². The van der Waals surface area contributed by atoms with Crippen molar-refractivity contribution in [3.63, 3.8) is 0 Å². The number of para-hydroxylation sites is 2. The highest BCUT2D eigenvalue weighted by Crippen LogP contribution is 2.39. The van der Waals surface area contributed by atoms with Crippen LogP contribution in [0.15, 0.2) is 91.0 Å². The maximum absolute atomic E-state index is 12.9. The van der Waals surface area contributed by atoms with E-state index in [2.05, 4.69) is 11.4 Å². The van der Waals surface area contributed by atoms with E-state index in [9.17, 15) is 4.79 Å². The van der Waals surface area contributed by atoms with Crippen LogP contribution in [0.4, 0.5) is 5.69 Å². The van der Waals surface area contributed by atoms with Crippen molar-refractivity contribution in [1.29, 1.82) is 0 Å². The minimum Gasteiger partial charge on any atom is -0.496 e. The number of methoxy groups -OCH3 is 2. The van der Waals surface area contributed by atoms with Crippen molar-refractivity contribution in [2.45, 2.75) is 0 Å². The van der Waals surface area contributed by atoms with Crippen molar-refractivity contribution in [3.8, 4) is 33.8 Å². The standard InChI is InChI=1S/C27H22NO3/c1-30-25-14-8-6-12-21(25)20-16-17-22(23-13-7-9-15-26(23)31-2)24(18-20)28-27(29)19-10-4-3-5-11-19/h3-15,17-18H,1-2H3,(H,28,29). The van der Waals surface area contributed by atoms with Gasteiger partial charge in [0.15, 0.2) is 0 Å². The maximum Gasteiger partial charge on any atom is 0.255 e. The first-order valence-corrected chi connectivity index (χ1v) is 9.90. The van der Waals surface area contributed by atoms with Crippen molar-refractivity contribution in [3.05, 3.63) is 103 Å². The van der Waals surface area contributed by atoms with Gasteiger partial charge in [0.25, 0.3) is 5.91 Å². The van der Waals surface area contributed by atoms with Gasteiger partial charge < -0.3 is 14.8 Å². The van der Waals surface area contributed by atoms with E-state index in [1.54, 1.807) is 26.4 Å². The number of rotatable bonds is 6. The summed E-state index contributed by atoms with van der Waals surface area (Å²) in [5, 5.41) is 3.07. The second-order valence-electron chi connectivity index (χ2n) is 6.89. The van der Waals surface area contributed by atoms with E-state index in [1.807, 2.05) is 78.9 Å². The van der Waals surface area contributed by atoms with E-state index in [-0.39, 0.29) is 5.91 Å². The molecule has 0 aliphatic rings. The third-order valence-electron chi connectivity index (χ3n) is 5.03. The molecule has 1 radical (unpaired) electrons. The molecule has 153 valence electrons. The van der Waals surface area contributed by atoms with Gasteiger partial charge in [0.05, 0.1) is 14.2 Å². The molecule has 4 aromatic carbocycles. The fraction of sp³-hybridized carbons (Fsp3) is 0.0741. The monoisotopic (exact) mass is 408 g/mol. The number of hydrogen-bond donors (Lipinski definition) is 1. The van der Waals surface area contributed by atoms with Crippen LogP contribution < -0.4 is 14.8 Å². The quantitative estimate of drug-likeness (QED) is 0.420. The molecule has 0 fully saturated rings. The second-order valence-corrected chi connectivity index (χ2v) is 6.89. The lowest BCUT2D eigenvalue weighted by Gasteiger charge is -2.16. The van der Waals surface area contributed by atoms with Crippen LogP contribution in [-0.2, 0) is 0 Å². The van der Waals surface area contributed by atoms with Crippen LogP contribution in [0.1, 0.15) is 10.4 Å². The lowest BCUT2D eigenvalue weighted by Crippen LogP contribution is -2.12. The van der Waals surface area contributed by atoms with E-state index in [0.717, 1.165) is 33.8 Å². The van der Waals surface area contributed by atoms with E-state index in [4.69, 9.17) is 9.47 Å². The fourth-order valence-electron chi connectivity index (χ4n) is 3.49. The lowest BCUT2D eigenvalue weighted by atomic mass is 9.97. The summed E-state index contributed by atoms with van der Waals surface area (Å²) in [6.07, 6.45) is 0. The third-order valence-corrected chi connectivity index (χ3v) is 5.03. The van der Waals surface area contributed by atoms with Crippen molar-refractivity contribution < 1.29 is 14.3 Å². The fourth-order valence-corrected chi connectivity index (χ4v) is 3.49. The molecular weight excluding hydrogens is 386 g/mol. The molecule has 4 aromatic rings. The Kier molecular flexibility index (Phi) is 5.99. The van der Waals surface area contributed by atoms with Crippen molar-refractivity contribution in [2.75, 3.05) is 19.5 Å². The topological polar surface area (TPSA) is 47.6 Å². The number of amides is 1. The SMILES string of the molecule is COc1ccccc1-c1[c]cc(-c2ccccc2OC)c(NC(=O)c2ccccc2)c1. The molecule has 31 heavy (non-hydrogen) atoms. The number of benzene rings is 4. The average molecular weight is 408 g/mol. The zero-order chi connectivity index (χ0) is 21.6. The molecule has 4 heteroatoms. The number of ether oxygens (including phenoxy) is 2. The molecule has 4 rings (SSSR count). The van der Waals surface area contributed by atoms with Gasteiger partial charge in [-0.3, -0.25) is 4.79 Å². The van der Waals surface area contributed by atoms with E-state index >= 15 is 0 Å². The molecule has 0 aliphatic heterocycles. The normalized spacial score (nSPS) is 10.4. The van der Waals surface area contributed by atoms with E-state index in [1.165, 1.54) is 0 Å². The van der Waals surface area contributed by atoms with Gasteiger partial charge >= 0.3 is 0 Å². The van der Waals surface area contributed by atoms with Gasteiger partial charge in [-0.25, -0.2) is 0 Å². The van der Waals surface area contributed by atoms with Crippen LogP contribution >= 0.6 is 0 Å². The second kappa shape index (κ2) is 9.18. The zero-order valence-electron chi connectivity index (χ0n) is 17.4. The Labute approximate surface area is 182 Å². The predicted octanol–water partition coefficient (Wildman–Crippen LogP) is 6.09. The third kappa shape index (κ3) is 4.28. The van der Waals surface area contributed by atoms with Crippen LogP contribution in [-0.4, -0.2) is 20.1 Å². The Bertz CT molecular complexity index is 1200. The predicted molar refractivity (Wildman–Crippen MR) is 124 cm³/mol. The summed E-state index contributed by atoms with van der Waals surface area (Å²) in [6, 6.07) is 31.7. The number of hydrogen-bond acceptors (Lipinski definition) is 3. The molecule has 0 heterocycles. The molecule has 0 aliphatic carbocycles. The minimum atomic E-state index is -0.186. The number of carbonyl (C=O) groups is 1. The first kappa shape index (κ1) is 20.2. The summed E-state index contributed by atoms with van der Waals surface area (Å²) < 4.78 is 11.1. The van der Waals surface area contributed by atoms with Gasteiger partial charge in [0.2, 0.25) is 0 Å². The largest absolute Gasteiger partial charge is 0.496 e. The molecule has 4 nitrogen and oxygen atoms in total. The Morgan fingerprint density at radius 1 is 0.742 bits per heavy atom. The summed E-state index contributed by atoms with van der Waals surface area (Å²) in [7, 11) is 3.27. The molecular formula is C27H22NO3. The zero-order valence-corrected chi connectivity index (χ0v) is 17.4. The van der Waals surface area contributed by atoms with Gasteiger partial charge in [-0.05, 0) is 48.0 Å². The summed E-state index contributed by atoms with van der Waals surface area (Å²) in [5.74, 6) is 1.27. The number of carbonyl (C=O) groups excluding carboxylic acids is 1. The van der Waals surface area contributed by atoms with Crippen LogP contribution in [0.5, 0.6) is 11.5 Å². The molecule has 1 amide bonds. The first-order valence-electron chi connectivity index (χ1n) is 9.90. The number of anilines is 1. The maximum atomic E-state index is 12.9. The molecule has 0 aromatic heterocycles. The Morgan fingerprint density at radius 3 is 2.00 bits per heavy atom. The summed E-state index contributed by atoms with van der Waals surface area (Å²) >= 11 is 0. The molecule has 0 unspecified atom stereocenters. The van der Waals surface area contributed by atoms with Crippen LogP contribution in [0.25, 0.3) is 22.3 Å². The van der Waals surface area contributed by atoms with Gasteiger partial charge in [-0.15, -0.1) is 0 Å². The molecule has 0 spiro atoms. The average Bonchev–Trinajstić information content (AvgIpc) is 2.84. The molecule has 1 N–H and O–H groups in total. The van der Waals surface area contributed by atoms with E-state index in [0.29, 0.717) is 11.3 Å². The van der Waals surface area contributed by atoms with Crippen LogP contribution in [0, 0.1) is 6.07 Å². The molecule has 0 saturated carbocycles. The van der Waals surface area contributed by atoms with E-state index < -0.39 is 0 Å². The van der Waals surface area contributed by atoms with Crippen LogP contribution in [0.3, 0.4) is 0 Å². The molecule has 0 bridgehead atoms. The molecule has 0 atom stereocenters. The highest BCUT2D eigenvalue weighted by atomic mass is 16.5. The van der Waals surface area contributed by atoms with Gasteiger partial charge in [0.1, 0.15) is 11.5 Å². The minimum absolute atomic E-state index is 0.186. The van der Waals surface area contributed by atoms with Crippen molar-refractivity contribution in [1.82, 2.24) is 0 Å². The van der Waals surface area contributed by atoms with Crippen molar-refractivity contribution >= 4 is 11.6 Å². The summed E-state index contributed by atoms with van der Waals surface area (Å²) in [4.78, 5) is 12.9. The van der Waals surface area contributed by atoms with Gasteiger partial charge in [-0.1, -0.05) is 54.6 Å².